The zero-order valence-corrected chi connectivity index (χ0v) is 19.1. The number of hydrogen-bond acceptors (Lipinski definition) is 4. The van der Waals surface area contributed by atoms with Gasteiger partial charge in [-0.3, -0.25) is 0 Å². The largest absolute Gasteiger partial charge is 0.414 e. The molecule has 4 atom stereocenters. The molecule has 0 aromatic heterocycles. The fourth-order valence-electron chi connectivity index (χ4n) is 2.00. The molecule has 0 saturated carbocycles. The first-order chi connectivity index (χ1) is 10.5. The normalized spacial score (nSPS) is 30.0. The van der Waals surface area contributed by atoms with Crippen molar-refractivity contribution in [2.45, 2.75) is 102 Å². The van der Waals surface area contributed by atoms with Crippen molar-refractivity contribution in [3.05, 3.63) is 0 Å². The molecule has 0 aromatic rings. The molecule has 1 rings (SSSR count). The van der Waals surface area contributed by atoms with Crippen LogP contribution in [0.4, 0.5) is 4.39 Å². The number of aliphatic hydroxyl groups is 1. The molecule has 1 N–H and O–H groups in total. The van der Waals surface area contributed by atoms with E-state index in [9.17, 15) is 9.50 Å². The van der Waals surface area contributed by atoms with Crippen LogP contribution in [-0.4, -0.2) is 53.0 Å². The van der Waals surface area contributed by atoms with Crippen molar-refractivity contribution in [1.82, 2.24) is 0 Å². The molecular formula is C17H37FO4Si2. The van der Waals surface area contributed by atoms with Crippen LogP contribution in [0.15, 0.2) is 0 Å². The predicted molar refractivity (Wildman–Crippen MR) is 101 cm³/mol. The SMILES string of the molecule is CC(C)(C)[Si](C)(C)OC[C@H]1O[C@H](O)[C@@H](F)[C@@H]1O[Si](C)(C)C(C)(C)C. The number of rotatable bonds is 5. The third-order valence-electron chi connectivity index (χ3n) is 5.92. The van der Waals surface area contributed by atoms with Crippen LogP contribution < -0.4 is 0 Å². The molecule has 4 nitrogen and oxygen atoms in total. The lowest BCUT2D eigenvalue weighted by Gasteiger charge is -2.40. The summed E-state index contributed by atoms with van der Waals surface area (Å²) in [5.41, 5.74) is 0. The lowest BCUT2D eigenvalue weighted by atomic mass is 10.2. The fourth-order valence-corrected chi connectivity index (χ4v) is 4.33. The number of ether oxygens (including phenoxy) is 1. The Morgan fingerprint density at radius 2 is 1.42 bits per heavy atom. The average Bonchev–Trinajstić information content (AvgIpc) is 2.61. The van der Waals surface area contributed by atoms with Gasteiger partial charge in [0.1, 0.15) is 12.2 Å². The summed E-state index contributed by atoms with van der Waals surface area (Å²) in [5, 5.41) is 9.85. The smallest absolute Gasteiger partial charge is 0.192 e. The molecule has 1 saturated heterocycles. The summed E-state index contributed by atoms with van der Waals surface area (Å²) in [7, 11) is -4.14. The third kappa shape index (κ3) is 4.89. The number of alkyl halides is 1. The van der Waals surface area contributed by atoms with E-state index in [2.05, 4.69) is 67.7 Å². The van der Waals surface area contributed by atoms with Crippen molar-refractivity contribution in [1.29, 1.82) is 0 Å². The van der Waals surface area contributed by atoms with Crippen molar-refractivity contribution in [3.8, 4) is 0 Å². The summed E-state index contributed by atoms with van der Waals surface area (Å²) in [5.74, 6) is 0. The second kappa shape index (κ2) is 7.08. The van der Waals surface area contributed by atoms with Crippen molar-refractivity contribution >= 4 is 16.6 Å². The van der Waals surface area contributed by atoms with Gasteiger partial charge in [-0.05, 0) is 36.3 Å². The first kappa shape index (κ1) is 22.2. The summed E-state index contributed by atoms with van der Waals surface area (Å²) in [6.07, 6.45) is -4.32. The van der Waals surface area contributed by atoms with Crippen molar-refractivity contribution in [2.75, 3.05) is 6.61 Å². The van der Waals surface area contributed by atoms with Gasteiger partial charge in [-0.25, -0.2) is 4.39 Å². The minimum Gasteiger partial charge on any atom is -0.414 e. The predicted octanol–water partition coefficient (Wildman–Crippen LogP) is 4.45. The van der Waals surface area contributed by atoms with E-state index in [0.29, 0.717) is 0 Å². The summed E-state index contributed by atoms with van der Waals surface area (Å²) in [4.78, 5) is 0. The Balaban J connectivity index is 2.86. The highest BCUT2D eigenvalue weighted by atomic mass is 28.4. The van der Waals surface area contributed by atoms with Gasteiger partial charge in [-0.1, -0.05) is 41.5 Å². The van der Waals surface area contributed by atoms with Gasteiger partial charge >= 0.3 is 0 Å². The van der Waals surface area contributed by atoms with Crippen LogP contribution in [0, 0.1) is 0 Å². The van der Waals surface area contributed by atoms with Gasteiger partial charge in [0.15, 0.2) is 29.1 Å². The Labute approximate surface area is 149 Å². The number of hydrogen-bond donors (Lipinski definition) is 1. The first-order valence-corrected chi connectivity index (χ1v) is 14.6. The molecule has 0 bridgehead atoms. The molecule has 1 aliphatic heterocycles. The maximum atomic E-state index is 14.5. The number of halogens is 1. The van der Waals surface area contributed by atoms with Crippen LogP contribution in [0.3, 0.4) is 0 Å². The monoisotopic (exact) mass is 380 g/mol. The average molecular weight is 381 g/mol. The van der Waals surface area contributed by atoms with Gasteiger partial charge in [0.05, 0.1) is 6.61 Å². The minimum absolute atomic E-state index is 0.0366. The molecule has 0 unspecified atom stereocenters. The lowest BCUT2D eigenvalue weighted by Crippen LogP contribution is -2.50. The Kier molecular flexibility index (Phi) is 6.56. The summed E-state index contributed by atoms with van der Waals surface area (Å²) >= 11 is 0. The Bertz CT molecular complexity index is 429. The molecule has 1 aliphatic rings. The van der Waals surface area contributed by atoms with E-state index in [-0.39, 0.29) is 16.7 Å². The molecule has 0 spiro atoms. The van der Waals surface area contributed by atoms with E-state index >= 15 is 0 Å². The highest BCUT2D eigenvalue weighted by molar-refractivity contribution is 6.74. The topological polar surface area (TPSA) is 47.9 Å². The molecule has 1 fully saturated rings. The molecule has 0 amide bonds. The van der Waals surface area contributed by atoms with Crippen LogP contribution in [0.25, 0.3) is 0 Å². The van der Waals surface area contributed by atoms with Crippen molar-refractivity contribution in [2.24, 2.45) is 0 Å². The van der Waals surface area contributed by atoms with E-state index in [0.717, 1.165) is 0 Å². The molecule has 0 radical (unpaired) electrons. The highest BCUT2D eigenvalue weighted by Gasteiger charge is 2.51. The van der Waals surface area contributed by atoms with Gasteiger partial charge in [0.25, 0.3) is 0 Å². The summed E-state index contributed by atoms with van der Waals surface area (Å²) < 4.78 is 32.3. The van der Waals surface area contributed by atoms with Crippen LogP contribution in [-0.2, 0) is 13.6 Å². The number of aliphatic hydroxyl groups excluding tert-OH is 1. The zero-order chi connectivity index (χ0) is 19.1. The quantitative estimate of drug-likeness (QED) is 0.716. The van der Waals surface area contributed by atoms with Crippen LogP contribution in [0.2, 0.25) is 36.3 Å². The maximum absolute atomic E-state index is 14.5. The molecule has 144 valence electrons. The van der Waals surface area contributed by atoms with Crippen LogP contribution in [0.1, 0.15) is 41.5 Å². The molecule has 0 aliphatic carbocycles. The van der Waals surface area contributed by atoms with E-state index in [1.54, 1.807) is 0 Å². The molecule has 24 heavy (non-hydrogen) atoms. The molecular weight excluding hydrogens is 343 g/mol. The van der Waals surface area contributed by atoms with E-state index in [1.807, 2.05) is 0 Å². The summed E-state index contributed by atoms with van der Waals surface area (Å²) in [6.45, 7) is 21.5. The first-order valence-electron chi connectivity index (χ1n) is 8.79. The van der Waals surface area contributed by atoms with E-state index in [1.165, 1.54) is 0 Å². The molecule has 0 aromatic carbocycles. The highest BCUT2D eigenvalue weighted by Crippen LogP contribution is 2.41. The maximum Gasteiger partial charge on any atom is 0.192 e. The Morgan fingerprint density at radius 3 is 1.83 bits per heavy atom. The van der Waals surface area contributed by atoms with E-state index in [4.69, 9.17) is 13.6 Å². The van der Waals surface area contributed by atoms with Crippen molar-refractivity contribution < 1.29 is 23.1 Å². The summed E-state index contributed by atoms with van der Waals surface area (Å²) in [6, 6.07) is 0. The second-order valence-electron chi connectivity index (χ2n) is 9.92. The van der Waals surface area contributed by atoms with Gasteiger partial charge < -0.3 is 18.7 Å². The standard InChI is InChI=1S/C17H37FO4Si2/c1-16(2,3)23(7,8)20-11-12-14(13(18)15(19)21-12)22-24(9,10)17(4,5)6/h12-15,19H,11H2,1-10H3/t12-,13+,14-,15+/m1/s1. The lowest BCUT2D eigenvalue weighted by molar-refractivity contribution is -0.119. The fraction of sp³-hybridized carbons (Fsp3) is 1.00. The molecule has 1 heterocycles. The Hall–Kier alpha value is 0.204. The van der Waals surface area contributed by atoms with Crippen LogP contribution >= 0.6 is 0 Å². The van der Waals surface area contributed by atoms with E-state index < -0.39 is 41.3 Å². The Morgan fingerprint density at radius 1 is 0.958 bits per heavy atom. The van der Waals surface area contributed by atoms with Gasteiger partial charge in [0, 0.05) is 0 Å². The third-order valence-corrected chi connectivity index (χ3v) is 14.9. The van der Waals surface area contributed by atoms with Gasteiger partial charge in [0.2, 0.25) is 0 Å². The van der Waals surface area contributed by atoms with Gasteiger partial charge in [-0.2, -0.15) is 0 Å². The van der Waals surface area contributed by atoms with Crippen LogP contribution in [0.5, 0.6) is 0 Å². The zero-order valence-electron chi connectivity index (χ0n) is 17.1. The second-order valence-corrected chi connectivity index (χ2v) is 19.5. The van der Waals surface area contributed by atoms with Gasteiger partial charge in [-0.15, -0.1) is 0 Å². The minimum atomic E-state index is -2.17. The molecule has 7 heteroatoms. The van der Waals surface area contributed by atoms with Crippen molar-refractivity contribution in [3.63, 3.8) is 0 Å².